The number of nitrogens with zero attached hydrogens (tertiary/aromatic N) is 1. The van der Waals surface area contributed by atoms with Gasteiger partial charge in [0, 0.05) is 18.5 Å². The van der Waals surface area contributed by atoms with Gasteiger partial charge in [0.2, 0.25) is 10.0 Å². The van der Waals surface area contributed by atoms with Crippen LogP contribution in [0.5, 0.6) is 0 Å². The van der Waals surface area contributed by atoms with E-state index in [0.29, 0.717) is 12.4 Å². The predicted molar refractivity (Wildman–Crippen MR) is 68.3 cm³/mol. The maximum Gasteiger partial charge on any atom is 0.214 e. The number of rotatable bonds is 5. The minimum atomic E-state index is -3.11. The largest absolute Gasteiger partial charge is 0.214 e. The Bertz CT molecular complexity index is 305. The minimum absolute atomic E-state index is 0.0334. The molecule has 0 aromatic heterocycles. The number of piperidine rings is 1. The molecule has 0 saturated carbocycles. The molecule has 0 amide bonds. The lowest BCUT2D eigenvalue weighted by atomic mass is 10.0. The van der Waals surface area contributed by atoms with Crippen molar-refractivity contribution in [3.8, 4) is 0 Å². The Morgan fingerprint density at radius 3 is 2.69 bits per heavy atom. The van der Waals surface area contributed by atoms with Gasteiger partial charge in [-0.2, -0.15) is 4.31 Å². The standard InChI is InChI=1S/C11H22ClNO2S/c1-3-11-6-4-5-7-13(11)16(14,15)9-10(2)8-12/h10-11H,3-9H2,1-2H3. The van der Waals surface area contributed by atoms with Gasteiger partial charge in [0.25, 0.3) is 0 Å². The molecule has 0 bridgehead atoms. The van der Waals surface area contributed by atoms with Crippen molar-refractivity contribution in [2.75, 3.05) is 18.2 Å². The van der Waals surface area contributed by atoms with E-state index in [1.165, 1.54) is 0 Å². The number of alkyl halides is 1. The third-order valence-corrected chi connectivity index (χ3v) is 5.87. The van der Waals surface area contributed by atoms with Crippen molar-refractivity contribution in [3.05, 3.63) is 0 Å². The molecular weight excluding hydrogens is 246 g/mol. The van der Waals surface area contributed by atoms with Crippen LogP contribution in [0.4, 0.5) is 0 Å². The predicted octanol–water partition coefficient (Wildman–Crippen LogP) is 2.46. The Balaban J connectivity index is 2.72. The van der Waals surface area contributed by atoms with Gasteiger partial charge in [-0.1, -0.05) is 20.3 Å². The first kappa shape index (κ1) is 14.3. The Hall–Kier alpha value is 0.200. The fourth-order valence-electron chi connectivity index (χ4n) is 2.25. The van der Waals surface area contributed by atoms with Crippen LogP contribution in [0, 0.1) is 5.92 Å². The highest BCUT2D eigenvalue weighted by atomic mass is 35.5. The summed E-state index contributed by atoms with van der Waals surface area (Å²) in [6, 6.07) is 0.210. The van der Waals surface area contributed by atoms with E-state index in [0.717, 1.165) is 25.7 Å². The van der Waals surface area contributed by atoms with Gasteiger partial charge in [-0.3, -0.25) is 0 Å². The minimum Gasteiger partial charge on any atom is -0.212 e. The summed E-state index contributed by atoms with van der Waals surface area (Å²) in [5, 5.41) is 0. The number of halogens is 1. The van der Waals surface area contributed by atoms with Crippen molar-refractivity contribution in [1.82, 2.24) is 4.31 Å². The summed E-state index contributed by atoms with van der Waals surface area (Å²) in [6.07, 6.45) is 4.06. The molecule has 0 aromatic rings. The highest BCUT2D eigenvalue weighted by Gasteiger charge is 2.31. The van der Waals surface area contributed by atoms with Crippen LogP contribution in [-0.4, -0.2) is 36.9 Å². The third-order valence-electron chi connectivity index (χ3n) is 3.16. The van der Waals surface area contributed by atoms with Crippen LogP contribution in [0.3, 0.4) is 0 Å². The van der Waals surface area contributed by atoms with Crippen LogP contribution >= 0.6 is 11.6 Å². The fraction of sp³-hybridized carbons (Fsp3) is 1.00. The van der Waals surface area contributed by atoms with Crippen LogP contribution < -0.4 is 0 Å². The van der Waals surface area contributed by atoms with Gasteiger partial charge in [0.05, 0.1) is 5.75 Å². The zero-order chi connectivity index (χ0) is 12.2. The molecular formula is C11H22ClNO2S. The smallest absolute Gasteiger partial charge is 0.212 e. The monoisotopic (exact) mass is 267 g/mol. The Morgan fingerprint density at radius 1 is 1.44 bits per heavy atom. The molecule has 0 radical (unpaired) electrons. The molecule has 1 rings (SSSR count). The quantitative estimate of drug-likeness (QED) is 0.718. The third kappa shape index (κ3) is 3.60. The lowest BCUT2D eigenvalue weighted by Gasteiger charge is -2.34. The second-order valence-electron chi connectivity index (χ2n) is 4.71. The molecule has 16 heavy (non-hydrogen) atoms. The van der Waals surface area contributed by atoms with Gasteiger partial charge in [-0.15, -0.1) is 11.6 Å². The summed E-state index contributed by atoms with van der Waals surface area (Å²) in [5.41, 5.74) is 0. The van der Waals surface area contributed by atoms with Gasteiger partial charge in [-0.25, -0.2) is 8.42 Å². The number of sulfonamides is 1. The first-order valence-corrected chi connectivity index (χ1v) is 8.21. The van der Waals surface area contributed by atoms with Crippen molar-refractivity contribution in [1.29, 1.82) is 0 Å². The van der Waals surface area contributed by atoms with E-state index in [9.17, 15) is 8.42 Å². The average molecular weight is 268 g/mol. The maximum absolute atomic E-state index is 12.2. The number of hydrogen-bond acceptors (Lipinski definition) is 2. The molecule has 2 atom stereocenters. The maximum atomic E-state index is 12.2. The molecule has 96 valence electrons. The Kier molecular flexibility index (Phi) is 5.54. The van der Waals surface area contributed by atoms with E-state index in [1.807, 2.05) is 6.92 Å². The van der Waals surface area contributed by atoms with E-state index in [4.69, 9.17) is 11.6 Å². The molecule has 0 N–H and O–H groups in total. The van der Waals surface area contributed by atoms with Crippen molar-refractivity contribution < 1.29 is 8.42 Å². The molecule has 5 heteroatoms. The highest BCUT2D eigenvalue weighted by Crippen LogP contribution is 2.23. The van der Waals surface area contributed by atoms with E-state index in [-0.39, 0.29) is 17.7 Å². The molecule has 0 spiro atoms. The lowest BCUT2D eigenvalue weighted by Crippen LogP contribution is -2.45. The molecule has 3 nitrogen and oxygen atoms in total. The van der Waals surface area contributed by atoms with Crippen molar-refractivity contribution in [3.63, 3.8) is 0 Å². The number of hydrogen-bond donors (Lipinski definition) is 0. The summed E-state index contributed by atoms with van der Waals surface area (Å²) >= 11 is 5.68. The van der Waals surface area contributed by atoms with Crippen molar-refractivity contribution in [2.24, 2.45) is 5.92 Å². The first-order valence-electron chi connectivity index (χ1n) is 6.06. The molecule has 2 unspecified atom stereocenters. The van der Waals surface area contributed by atoms with Gasteiger partial charge in [-0.05, 0) is 25.2 Å². The summed E-state index contributed by atoms with van der Waals surface area (Å²) in [6.45, 7) is 4.63. The van der Waals surface area contributed by atoms with Gasteiger partial charge >= 0.3 is 0 Å². The summed E-state index contributed by atoms with van der Waals surface area (Å²) in [4.78, 5) is 0. The summed E-state index contributed by atoms with van der Waals surface area (Å²) < 4.78 is 26.1. The van der Waals surface area contributed by atoms with Crippen molar-refractivity contribution >= 4 is 21.6 Å². The van der Waals surface area contributed by atoms with Crippen LogP contribution in [-0.2, 0) is 10.0 Å². The Labute approximate surface area is 104 Å². The van der Waals surface area contributed by atoms with Gasteiger partial charge < -0.3 is 0 Å². The summed E-state index contributed by atoms with van der Waals surface area (Å²) in [5.74, 6) is 0.628. The Morgan fingerprint density at radius 2 is 2.12 bits per heavy atom. The zero-order valence-corrected chi connectivity index (χ0v) is 11.7. The topological polar surface area (TPSA) is 37.4 Å². The van der Waals surface area contributed by atoms with Crippen LogP contribution in [0.2, 0.25) is 0 Å². The summed E-state index contributed by atoms with van der Waals surface area (Å²) in [7, 11) is -3.11. The van der Waals surface area contributed by atoms with E-state index in [2.05, 4.69) is 6.92 Å². The van der Waals surface area contributed by atoms with Crippen LogP contribution in [0.25, 0.3) is 0 Å². The average Bonchev–Trinajstić information content (AvgIpc) is 2.28. The first-order chi connectivity index (χ1) is 7.51. The second-order valence-corrected chi connectivity index (χ2v) is 6.98. The van der Waals surface area contributed by atoms with E-state index < -0.39 is 10.0 Å². The SMILES string of the molecule is CCC1CCCCN1S(=O)(=O)CC(C)CCl. The van der Waals surface area contributed by atoms with Crippen LogP contribution in [0.15, 0.2) is 0 Å². The molecule has 1 fully saturated rings. The zero-order valence-electron chi connectivity index (χ0n) is 10.2. The van der Waals surface area contributed by atoms with Gasteiger partial charge in [0.15, 0.2) is 0 Å². The molecule has 0 aromatic carbocycles. The lowest BCUT2D eigenvalue weighted by molar-refractivity contribution is 0.246. The molecule has 1 aliphatic rings. The molecule has 1 aliphatic heterocycles. The van der Waals surface area contributed by atoms with E-state index in [1.54, 1.807) is 4.31 Å². The van der Waals surface area contributed by atoms with Crippen LogP contribution in [0.1, 0.15) is 39.5 Å². The van der Waals surface area contributed by atoms with E-state index >= 15 is 0 Å². The highest BCUT2D eigenvalue weighted by molar-refractivity contribution is 7.89. The molecule has 0 aliphatic carbocycles. The normalized spacial score (nSPS) is 25.6. The second kappa shape index (κ2) is 6.22. The van der Waals surface area contributed by atoms with Crippen molar-refractivity contribution in [2.45, 2.75) is 45.6 Å². The fourth-order valence-corrected chi connectivity index (χ4v) is 4.63. The molecule has 1 saturated heterocycles. The molecule has 1 heterocycles. The van der Waals surface area contributed by atoms with Gasteiger partial charge in [0.1, 0.15) is 0 Å².